The highest BCUT2D eigenvalue weighted by Gasteiger charge is 2.10. The summed E-state index contributed by atoms with van der Waals surface area (Å²) in [6.07, 6.45) is 4.09. The molecule has 114 valence electrons. The van der Waals surface area contributed by atoms with Crippen molar-refractivity contribution in [3.05, 3.63) is 48.3 Å². The quantitative estimate of drug-likeness (QED) is 0.732. The smallest absolute Gasteiger partial charge is 0.175 e. The Balaban J connectivity index is 1.81. The summed E-state index contributed by atoms with van der Waals surface area (Å²) in [5, 5.41) is 17.3. The van der Waals surface area contributed by atoms with Gasteiger partial charge in [0.25, 0.3) is 0 Å². The van der Waals surface area contributed by atoms with E-state index >= 15 is 0 Å². The number of aliphatic hydroxyl groups is 1. The number of hydrogen-bond donors (Lipinski definition) is 2. The molecule has 0 aliphatic carbocycles. The van der Waals surface area contributed by atoms with Crippen molar-refractivity contribution in [2.24, 2.45) is 0 Å². The van der Waals surface area contributed by atoms with E-state index in [0.29, 0.717) is 18.7 Å². The normalized spacial score (nSPS) is 13.2. The number of aliphatic hydroxyl groups excluding tert-OH is 1. The van der Waals surface area contributed by atoms with Crippen LogP contribution in [0.3, 0.4) is 0 Å². The van der Waals surface area contributed by atoms with Gasteiger partial charge in [-0.15, -0.1) is 0 Å². The van der Waals surface area contributed by atoms with E-state index in [-0.39, 0.29) is 4.90 Å². The average Bonchev–Trinajstić information content (AvgIpc) is 2.96. The van der Waals surface area contributed by atoms with Crippen molar-refractivity contribution in [1.82, 2.24) is 15.1 Å². The molecule has 0 aliphatic heterocycles. The first kappa shape index (κ1) is 15.7. The van der Waals surface area contributed by atoms with Gasteiger partial charge in [-0.2, -0.15) is 5.10 Å². The highest BCUT2D eigenvalue weighted by atomic mass is 32.2. The first-order valence-electron chi connectivity index (χ1n) is 6.63. The maximum absolute atomic E-state index is 11.4. The van der Waals surface area contributed by atoms with Crippen LogP contribution in [0, 0.1) is 0 Å². The van der Waals surface area contributed by atoms with Crippen molar-refractivity contribution >= 4 is 9.84 Å². The van der Waals surface area contributed by atoms with Crippen molar-refractivity contribution in [3.8, 4) is 0 Å². The Morgan fingerprint density at radius 3 is 2.62 bits per heavy atom. The second kappa shape index (κ2) is 6.84. The first-order valence-corrected chi connectivity index (χ1v) is 8.52. The molecule has 0 bridgehead atoms. The maximum atomic E-state index is 11.4. The topological polar surface area (TPSA) is 84.2 Å². The van der Waals surface area contributed by atoms with Gasteiger partial charge in [-0.3, -0.25) is 4.68 Å². The predicted octanol–water partition coefficient (Wildman–Crippen LogP) is 0.610. The number of nitrogens with zero attached hydrogens (tertiary/aromatic N) is 2. The van der Waals surface area contributed by atoms with E-state index in [1.54, 1.807) is 23.0 Å². The molecule has 1 heterocycles. The van der Waals surface area contributed by atoms with Gasteiger partial charge in [0.2, 0.25) is 0 Å². The van der Waals surface area contributed by atoms with Gasteiger partial charge in [-0.05, 0) is 23.8 Å². The lowest BCUT2D eigenvalue weighted by molar-refractivity contribution is 0.174. The third kappa shape index (κ3) is 4.66. The Morgan fingerprint density at radius 1 is 1.33 bits per heavy atom. The molecule has 1 atom stereocenters. The van der Waals surface area contributed by atoms with Crippen molar-refractivity contribution in [1.29, 1.82) is 0 Å². The zero-order valence-electron chi connectivity index (χ0n) is 11.8. The standard InChI is InChI=1S/C14H19N3O3S/c1-21(19,20)13-5-3-12(4-6-13)14(18)11-15-8-10-17-9-2-7-16-17/h2-7,9,14-15,18H,8,10-11H2,1H3/t14-/m1/s1. The van der Waals surface area contributed by atoms with Gasteiger partial charge >= 0.3 is 0 Å². The SMILES string of the molecule is CS(=O)(=O)c1ccc([C@H](O)CNCCn2cccn2)cc1. The van der Waals surface area contributed by atoms with Gasteiger partial charge in [-0.1, -0.05) is 12.1 Å². The second-order valence-corrected chi connectivity index (χ2v) is 6.85. The number of sulfone groups is 1. The van der Waals surface area contributed by atoms with Crippen LogP contribution in [0.2, 0.25) is 0 Å². The monoisotopic (exact) mass is 309 g/mol. The fourth-order valence-corrected chi connectivity index (χ4v) is 2.55. The van der Waals surface area contributed by atoms with Crippen LogP contribution < -0.4 is 5.32 Å². The van der Waals surface area contributed by atoms with Crippen LogP contribution in [-0.2, 0) is 16.4 Å². The molecule has 0 unspecified atom stereocenters. The minimum atomic E-state index is -3.20. The average molecular weight is 309 g/mol. The van der Waals surface area contributed by atoms with Gasteiger partial charge < -0.3 is 10.4 Å². The van der Waals surface area contributed by atoms with Crippen molar-refractivity contribution in [2.45, 2.75) is 17.5 Å². The molecule has 2 rings (SSSR count). The lowest BCUT2D eigenvalue weighted by Crippen LogP contribution is -2.25. The highest BCUT2D eigenvalue weighted by molar-refractivity contribution is 7.90. The van der Waals surface area contributed by atoms with E-state index in [0.717, 1.165) is 12.8 Å². The fraction of sp³-hybridized carbons (Fsp3) is 0.357. The molecule has 0 saturated heterocycles. The van der Waals surface area contributed by atoms with E-state index in [1.807, 2.05) is 12.3 Å². The van der Waals surface area contributed by atoms with E-state index in [9.17, 15) is 13.5 Å². The zero-order valence-corrected chi connectivity index (χ0v) is 12.6. The molecular formula is C14H19N3O3S. The first-order chi connectivity index (χ1) is 9.97. The molecule has 21 heavy (non-hydrogen) atoms. The molecule has 6 nitrogen and oxygen atoms in total. The van der Waals surface area contributed by atoms with Gasteiger partial charge in [-0.25, -0.2) is 8.42 Å². The summed E-state index contributed by atoms with van der Waals surface area (Å²) in [5.74, 6) is 0. The van der Waals surface area contributed by atoms with Crippen molar-refractivity contribution in [2.75, 3.05) is 19.3 Å². The molecule has 0 spiro atoms. The minimum Gasteiger partial charge on any atom is -0.387 e. The Kier molecular flexibility index (Phi) is 5.11. The second-order valence-electron chi connectivity index (χ2n) is 4.83. The van der Waals surface area contributed by atoms with E-state index in [2.05, 4.69) is 10.4 Å². The van der Waals surface area contributed by atoms with Crippen LogP contribution in [0.5, 0.6) is 0 Å². The van der Waals surface area contributed by atoms with Gasteiger partial charge in [0.05, 0.1) is 17.5 Å². The Bertz CT molecular complexity index is 651. The summed E-state index contributed by atoms with van der Waals surface area (Å²) < 4.78 is 24.5. The molecule has 0 amide bonds. The van der Waals surface area contributed by atoms with Crippen LogP contribution >= 0.6 is 0 Å². The summed E-state index contributed by atoms with van der Waals surface area (Å²) in [6.45, 7) is 1.83. The van der Waals surface area contributed by atoms with Crippen LogP contribution in [0.4, 0.5) is 0 Å². The maximum Gasteiger partial charge on any atom is 0.175 e. The Hall–Kier alpha value is -1.70. The number of aromatic nitrogens is 2. The molecule has 2 N–H and O–H groups in total. The molecule has 2 aromatic rings. The summed E-state index contributed by atoms with van der Waals surface area (Å²) in [5.41, 5.74) is 0.689. The van der Waals surface area contributed by atoms with Gasteiger partial charge in [0.15, 0.2) is 9.84 Å². The summed E-state index contributed by atoms with van der Waals surface area (Å²) in [7, 11) is -3.20. The molecular weight excluding hydrogens is 290 g/mol. The lowest BCUT2D eigenvalue weighted by atomic mass is 10.1. The Morgan fingerprint density at radius 2 is 2.05 bits per heavy atom. The molecule has 1 aromatic heterocycles. The number of rotatable bonds is 7. The zero-order chi connectivity index (χ0) is 15.3. The van der Waals surface area contributed by atoms with Crippen LogP contribution in [-0.4, -0.2) is 42.7 Å². The number of nitrogens with one attached hydrogen (secondary N) is 1. The van der Waals surface area contributed by atoms with Crippen LogP contribution in [0.25, 0.3) is 0 Å². The number of hydrogen-bond acceptors (Lipinski definition) is 5. The third-order valence-electron chi connectivity index (χ3n) is 3.11. The molecule has 1 aromatic carbocycles. The predicted molar refractivity (Wildman–Crippen MR) is 79.6 cm³/mol. The van der Waals surface area contributed by atoms with Gasteiger partial charge in [0.1, 0.15) is 0 Å². The van der Waals surface area contributed by atoms with Crippen molar-refractivity contribution in [3.63, 3.8) is 0 Å². The Labute approximate surface area is 124 Å². The summed E-state index contributed by atoms with van der Waals surface area (Å²) in [4.78, 5) is 0.255. The molecule has 0 fully saturated rings. The molecule has 0 saturated carbocycles. The number of benzene rings is 1. The fourth-order valence-electron chi connectivity index (χ4n) is 1.92. The van der Waals surface area contributed by atoms with Crippen LogP contribution in [0.15, 0.2) is 47.6 Å². The van der Waals surface area contributed by atoms with Gasteiger partial charge in [0, 0.05) is 31.7 Å². The highest BCUT2D eigenvalue weighted by Crippen LogP contribution is 2.15. The van der Waals surface area contributed by atoms with E-state index in [1.165, 1.54) is 12.1 Å². The largest absolute Gasteiger partial charge is 0.387 e. The van der Waals surface area contributed by atoms with E-state index < -0.39 is 15.9 Å². The summed E-state index contributed by atoms with van der Waals surface area (Å²) >= 11 is 0. The third-order valence-corrected chi connectivity index (χ3v) is 4.24. The van der Waals surface area contributed by atoms with E-state index in [4.69, 9.17) is 0 Å². The van der Waals surface area contributed by atoms with Crippen molar-refractivity contribution < 1.29 is 13.5 Å². The molecule has 7 heteroatoms. The molecule has 0 radical (unpaired) electrons. The minimum absolute atomic E-state index is 0.255. The lowest BCUT2D eigenvalue weighted by Gasteiger charge is -2.12. The summed E-state index contributed by atoms with van der Waals surface area (Å²) in [6, 6.07) is 8.15. The molecule has 0 aliphatic rings. The van der Waals surface area contributed by atoms with Crippen LogP contribution in [0.1, 0.15) is 11.7 Å².